The topological polar surface area (TPSA) is 18.5 Å². The van der Waals surface area contributed by atoms with Gasteiger partial charge in [-0.15, -0.1) is 0 Å². The van der Waals surface area contributed by atoms with Gasteiger partial charge in [0.25, 0.3) is 0 Å². The zero-order valence-electron chi connectivity index (χ0n) is 12.6. The van der Waals surface area contributed by atoms with Gasteiger partial charge in [0.15, 0.2) is 0 Å². The number of alkyl halides is 3. The Hall–Kier alpha value is -0.715. The number of aryl methyl sites for hydroxylation is 1. The fourth-order valence-electron chi connectivity index (χ4n) is 2.15. The molecule has 0 radical (unpaired) electrons. The molecule has 2 rings (SSSR count). The van der Waals surface area contributed by atoms with Gasteiger partial charge in [0, 0.05) is 10.5 Å². The van der Waals surface area contributed by atoms with Crippen molar-refractivity contribution in [1.82, 2.24) is 0 Å². The first-order valence-electron chi connectivity index (χ1n) is 6.58. The number of hydrogen-bond donors (Lipinski definition) is 0. The average Bonchev–Trinajstić information content (AvgIpc) is 2.45. The monoisotopic (exact) mass is 320 g/mol. The first kappa shape index (κ1) is 16.7. The van der Waals surface area contributed by atoms with Gasteiger partial charge in [0.1, 0.15) is 0 Å². The zero-order chi connectivity index (χ0) is 16.2. The molecule has 1 heterocycles. The summed E-state index contributed by atoms with van der Waals surface area (Å²) in [4.78, 5) is 0. The average molecular weight is 321 g/mol. The lowest BCUT2D eigenvalue weighted by Crippen LogP contribution is -2.41. The molecule has 0 unspecified atom stereocenters. The van der Waals surface area contributed by atoms with Crippen molar-refractivity contribution in [3.05, 3.63) is 28.3 Å². The van der Waals surface area contributed by atoms with Crippen LogP contribution >= 0.6 is 11.6 Å². The standard InChI is InChI=1S/C14H17BClF3O2/c1-8-6-11(16)10(7-9(8)14(17,18)19)15-20-12(2,3)13(4,5)21-15/h6-7H,1-5H3. The van der Waals surface area contributed by atoms with E-state index in [0.29, 0.717) is 0 Å². The van der Waals surface area contributed by atoms with Gasteiger partial charge >= 0.3 is 13.3 Å². The van der Waals surface area contributed by atoms with E-state index in [0.717, 1.165) is 6.07 Å². The van der Waals surface area contributed by atoms with Gasteiger partial charge in [-0.1, -0.05) is 11.6 Å². The molecule has 0 spiro atoms. The van der Waals surface area contributed by atoms with E-state index in [1.807, 2.05) is 27.7 Å². The summed E-state index contributed by atoms with van der Waals surface area (Å²) in [5, 5.41) is 0.207. The van der Waals surface area contributed by atoms with Gasteiger partial charge in [0.2, 0.25) is 0 Å². The SMILES string of the molecule is Cc1cc(Cl)c(B2OC(C)(C)C(C)(C)O2)cc1C(F)(F)F. The molecular weight excluding hydrogens is 303 g/mol. The van der Waals surface area contributed by atoms with Crippen molar-refractivity contribution >= 4 is 24.2 Å². The van der Waals surface area contributed by atoms with Gasteiger partial charge in [-0.3, -0.25) is 0 Å². The maximum atomic E-state index is 13.0. The minimum Gasteiger partial charge on any atom is -0.399 e. The highest BCUT2D eigenvalue weighted by atomic mass is 35.5. The molecule has 0 amide bonds. The van der Waals surface area contributed by atoms with Crippen LogP contribution in [0, 0.1) is 6.92 Å². The molecule has 0 bridgehead atoms. The van der Waals surface area contributed by atoms with Gasteiger partial charge in [-0.05, 0) is 52.3 Å². The predicted molar refractivity (Wildman–Crippen MR) is 76.9 cm³/mol. The van der Waals surface area contributed by atoms with Crippen LogP contribution in [0.4, 0.5) is 13.2 Å². The van der Waals surface area contributed by atoms with Crippen LogP contribution in [0.15, 0.2) is 12.1 Å². The van der Waals surface area contributed by atoms with Crippen LogP contribution in [-0.4, -0.2) is 18.3 Å². The molecule has 1 aromatic rings. The van der Waals surface area contributed by atoms with E-state index >= 15 is 0 Å². The van der Waals surface area contributed by atoms with E-state index in [9.17, 15) is 13.2 Å². The van der Waals surface area contributed by atoms with Crippen molar-refractivity contribution in [2.45, 2.75) is 52.0 Å². The summed E-state index contributed by atoms with van der Waals surface area (Å²) in [6.07, 6.45) is -4.44. The smallest absolute Gasteiger partial charge is 0.399 e. The fraction of sp³-hybridized carbons (Fsp3) is 0.571. The van der Waals surface area contributed by atoms with E-state index < -0.39 is 30.1 Å². The lowest BCUT2D eigenvalue weighted by Gasteiger charge is -2.32. The normalized spacial score (nSPS) is 20.9. The number of hydrogen-bond acceptors (Lipinski definition) is 2. The Kier molecular flexibility index (Phi) is 3.88. The second-order valence-electron chi connectivity index (χ2n) is 6.27. The van der Waals surface area contributed by atoms with E-state index in [1.165, 1.54) is 13.0 Å². The Morgan fingerprint density at radius 3 is 1.95 bits per heavy atom. The Labute approximate surface area is 127 Å². The summed E-state index contributed by atoms with van der Waals surface area (Å²) in [7, 11) is -0.913. The van der Waals surface area contributed by atoms with Crippen LogP contribution in [0.3, 0.4) is 0 Å². The van der Waals surface area contributed by atoms with Gasteiger partial charge in [-0.25, -0.2) is 0 Å². The van der Waals surface area contributed by atoms with Gasteiger partial charge < -0.3 is 9.31 Å². The van der Waals surface area contributed by atoms with Crippen LogP contribution in [0.25, 0.3) is 0 Å². The highest BCUT2D eigenvalue weighted by Gasteiger charge is 2.52. The molecule has 0 N–H and O–H groups in total. The van der Waals surface area contributed by atoms with Crippen molar-refractivity contribution in [2.24, 2.45) is 0 Å². The van der Waals surface area contributed by atoms with Crippen molar-refractivity contribution in [3.63, 3.8) is 0 Å². The maximum absolute atomic E-state index is 13.0. The Bertz CT molecular complexity index is 554. The molecule has 0 atom stereocenters. The van der Waals surface area contributed by atoms with E-state index in [4.69, 9.17) is 20.9 Å². The molecule has 1 aliphatic heterocycles. The second-order valence-corrected chi connectivity index (χ2v) is 6.68. The summed E-state index contributed by atoms with van der Waals surface area (Å²) < 4.78 is 50.6. The molecular formula is C14H17BClF3O2. The Balaban J connectivity index is 2.47. The van der Waals surface area contributed by atoms with Crippen LogP contribution in [-0.2, 0) is 15.5 Å². The van der Waals surface area contributed by atoms with E-state index in [1.54, 1.807) is 0 Å². The predicted octanol–water partition coefficient (Wildman–Crippen LogP) is 3.97. The largest absolute Gasteiger partial charge is 0.496 e. The number of benzene rings is 1. The van der Waals surface area contributed by atoms with Crippen molar-refractivity contribution < 1.29 is 22.5 Å². The molecule has 7 heteroatoms. The summed E-state index contributed by atoms with van der Waals surface area (Å²) in [5.41, 5.74) is -1.72. The molecule has 2 nitrogen and oxygen atoms in total. The third-order valence-electron chi connectivity index (χ3n) is 4.16. The van der Waals surface area contributed by atoms with Crippen molar-refractivity contribution in [3.8, 4) is 0 Å². The number of halogens is 4. The first-order chi connectivity index (χ1) is 9.35. The molecule has 0 aliphatic carbocycles. The van der Waals surface area contributed by atoms with E-state index in [2.05, 4.69) is 0 Å². The highest BCUT2D eigenvalue weighted by molar-refractivity contribution is 6.65. The summed E-state index contributed by atoms with van der Waals surface area (Å²) in [5.74, 6) is 0. The fourth-order valence-corrected chi connectivity index (χ4v) is 2.45. The first-order valence-corrected chi connectivity index (χ1v) is 6.96. The van der Waals surface area contributed by atoms with Crippen LogP contribution < -0.4 is 5.46 Å². The lowest BCUT2D eigenvalue weighted by atomic mass is 9.77. The summed E-state index contributed by atoms with van der Waals surface area (Å²) >= 11 is 6.09. The van der Waals surface area contributed by atoms with Crippen molar-refractivity contribution in [2.75, 3.05) is 0 Å². The molecule has 1 aromatic carbocycles. The van der Waals surface area contributed by atoms with Gasteiger partial charge in [-0.2, -0.15) is 13.2 Å². The Morgan fingerprint density at radius 1 is 1.05 bits per heavy atom. The molecule has 1 saturated heterocycles. The van der Waals surface area contributed by atoms with Crippen LogP contribution in [0.1, 0.15) is 38.8 Å². The highest BCUT2D eigenvalue weighted by Crippen LogP contribution is 2.38. The van der Waals surface area contributed by atoms with Crippen LogP contribution in [0.2, 0.25) is 5.02 Å². The minimum absolute atomic E-state index is 0.0766. The molecule has 116 valence electrons. The third kappa shape index (κ3) is 2.94. The van der Waals surface area contributed by atoms with Gasteiger partial charge in [0.05, 0.1) is 16.8 Å². The summed E-state index contributed by atoms with van der Waals surface area (Å²) in [6, 6.07) is 2.31. The minimum atomic E-state index is -4.44. The molecule has 1 aliphatic rings. The lowest BCUT2D eigenvalue weighted by molar-refractivity contribution is -0.138. The van der Waals surface area contributed by atoms with Crippen molar-refractivity contribution in [1.29, 1.82) is 0 Å². The molecule has 1 fully saturated rings. The quantitative estimate of drug-likeness (QED) is 0.729. The van der Waals surface area contributed by atoms with Crippen LogP contribution in [0.5, 0.6) is 0 Å². The zero-order valence-corrected chi connectivity index (χ0v) is 13.3. The third-order valence-corrected chi connectivity index (χ3v) is 4.48. The number of rotatable bonds is 1. The maximum Gasteiger partial charge on any atom is 0.496 e. The molecule has 0 saturated carbocycles. The molecule has 21 heavy (non-hydrogen) atoms. The summed E-state index contributed by atoms with van der Waals surface area (Å²) in [6.45, 7) is 8.71. The van der Waals surface area contributed by atoms with E-state index in [-0.39, 0.29) is 16.0 Å². The molecule has 0 aromatic heterocycles. The second kappa shape index (κ2) is 4.90. The Morgan fingerprint density at radius 2 is 1.52 bits per heavy atom.